The first-order valence-electron chi connectivity index (χ1n) is 21.5. The van der Waals surface area contributed by atoms with Gasteiger partial charge in [0.25, 0.3) is 11.5 Å². The highest BCUT2D eigenvalue weighted by molar-refractivity contribution is 5.98. The van der Waals surface area contributed by atoms with Gasteiger partial charge in [-0.05, 0) is 118 Å². The molecule has 3 aliphatic heterocycles. The second-order valence-corrected chi connectivity index (χ2v) is 17.2. The zero-order valence-electron chi connectivity index (χ0n) is 35.6. The van der Waals surface area contributed by atoms with Crippen LogP contribution in [-0.2, 0) is 11.2 Å². The molecule has 4 atom stereocenters. The number of benzene rings is 3. The minimum Gasteiger partial charge on any atom is -0.381 e. The number of nitrogens with zero attached hydrogens (tertiary/aromatic N) is 6. The van der Waals surface area contributed by atoms with Crippen LogP contribution in [0.1, 0.15) is 115 Å². The van der Waals surface area contributed by atoms with Crippen molar-refractivity contribution in [3.8, 4) is 5.69 Å². The Hall–Kier alpha value is -6.35. The van der Waals surface area contributed by atoms with Crippen LogP contribution in [0.5, 0.6) is 0 Å². The summed E-state index contributed by atoms with van der Waals surface area (Å²) in [6.45, 7) is 11.9. The molecule has 3 aromatic carbocycles. The summed E-state index contributed by atoms with van der Waals surface area (Å²) in [7, 11) is 0. The summed E-state index contributed by atoms with van der Waals surface area (Å²) in [6, 6.07) is 20.3. The van der Waals surface area contributed by atoms with E-state index < -0.39 is 11.8 Å². The fourth-order valence-electron chi connectivity index (χ4n) is 9.28. The van der Waals surface area contributed by atoms with Gasteiger partial charge >= 0.3 is 11.8 Å². The third-order valence-corrected chi connectivity index (χ3v) is 13.1. The Morgan fingerprint density at radius 1 is 0.935 bits per heavy atom. The Labute approximate surface area is 359 Å². The summed E-state index contributed by atoms with van der Waals surface area (Å²) in [4.78, 5) is 69.4. The summed E-state index contributed by atoms with van der Waals surface area (Å²) in [5.41, 5.74) is 5.46. The summed E-state index contributed by atoms with van der Waals surface area (Å²) in [5.74, 6) is 1.42. The van der Waals surface area contributed by atoms with E-state index in [1.807, 2.05) is 56.3 Å². The van der Waals surface area contributed by atoms with E-state index in [0.29, 0.717) is 77.0 Å². The highest BCUT2D eigenvalue weighted by Gasteiger charge is 2.40. The van der Waals surface area contributed by atoms with Gasteiger partial charge in [0, 0.05) is 56.7 Å². The number of aromatic nitrogens is 5. The van der Waals surface area contributed by atoms with E-state index in [-0.39, 0.29) is 43.2 Å². The van der Waals surface area contributed by atoms with Crippen LogP contribution in [0.4, 0.5) is 15.1 Å². The summed E-state index contributed by atoms with van der Waals surface area (Å²) in [5, 5.41) is 4.56. The summed E-state index contributed by atoms with van der Waals surface area (Å²) in [6.07, 6.45) is 3.37. The van der Waals surface area contributed by atoms with Crippen LogP contribution >= 0.6 is 0 Å². The second-order valence-electron chi connectivity index (χ2n) is 17.2. The van der Waals surface area contributed by atoms with Crippen molar-refractivity contribution in [2.75, 3.05) is 37.7 Å². The first kappa shape index (κ1) is 41.0. The number of amides is 3. The van der Waals surface area contributed by atoms with Gasteiger partial charge in [0.1, 0.15) is 11.5 Å². The second kappa shape index (κ2) is 16.5. The highest BCUT2D eigenvalue weighted by atomic mass is 19.1. The molecule has 0 bridgehead atoms. The van der Waals surface area contributed by atoms with Crippen molar-refractivity contribution in [3.05, 3.63) is 138 Å². The van der Waals surface area contributed by atoms with Crippen molar-refractivity contribution < 1.29 is 24.7 Å². The Morgan fingerprint density at radius 3 is 2.34 bits per heavy atom. The van der Waals surface area contributed by atoms with E-state index in [1.165, 1.54) is 15.0 Å². The lowest BCUT2D eigenvalue weighted by Crippen LogP contribution is -2.44. The molecule has 324 valence electrons. The number of aromatic amines is 2. The Morgan fingerprint density at radius 2 is 1.66 bits per heavy atom. The van der Waals surface area contributed by atoms with Crippen molar-refractivity contribution >= 4 is 28.8 Å². The van der Waals surface area contributed by atoms with Gasteiger partial charge in [0.15, 0.2) is 5.82 Å². The molecular formula is C47H53FN8O6. The molecule has 3 fully saturated rings. The number of carbonyl (C=O) groups is 2. The molecule has 0 spiro atoms. The molecule has 15 heteroatoms. The number of carbonyl (C=O) groups excluding carboxylic acids is 2. The number of hydrogen-bond donors (Lipinski definition) is 2. The molecule has 0 radical (unpaired) electrons. The number of aryl methyl sites for hydroxylation is 2. The molecule has 6 aromatic rings. The van der Waals surface area contributed by atoms with Gasteiger partial charge in [-0.3, -0.25) is 24.0 Å². The molecule has 10 rings (SSSR count). The Balaban J connectivity index is 0.000000433. The first-order chi connectivity index (χ1) is 29.9. The van der Waals surface area contributed by atoms with Crippen LogP contribution in [0.2, 0.25) is 0 Å². The van der Waals surface area contributed by atoms with Gasteiger partial charge < -0.3 is 19.5 Å². The third-order valence-electron chi connectivity index (χ3n) is 13.1. The van der Waals surface area contributed by atoms with Crippen molar-refractivity contribution in [2.45, 2.75) is 84.2 Å². The molecule has 3 aromatic heterocycles. The van der Waals surface area contributed by atoms with E-state index in [2.05, 4.69) is 38.7 Å². The number of urea groups is 1. The molecule has 6 heterocycles. The standard InChI is InChI=1S/C41H43FN6O4.C6H8N2O2.H2/c1-24-20-32(21-25(2)36(24)42)48-38(49)33-12-15-45(39(50)35-23-31-22-30(10-11-34(31)43-35)29-13-18-52-19-14-29)27(4)37(33)44-40(48)47-17-16-46(41(47)51)26(3)28-8-6-5-7-9-28;1-3-2-4(3)5-7-6(9)10-8-5;/h5-11,20-23,26-27,29,43H,12-19H2,1-4H3;3-4H,2H2,1H3,(H,7,8,9);1H/t26-,27-;3-,4-;/m10./s1. The van der Waals surface area contributed by atoms with E-state index in [0.717, 1.165) is 48.9 Å². The quantitative estimate of drug-likeness (QED) is 0.164. The number of rotatable bonds is 7. The van der Waals surface area contributed by atoms with Gasteiger partial charge in [-0.2, -0.15) is 0 Å². The minimum absolute atomic E-state index is 0. The van der Waals surface area contributed by atoms with E-state index >= 15 is 0 Å². The maximum atomic E-state index is 14.8. The largest absolute Gasteiger partial charge is 0.438 e. The molecule has 2 saturated heterocycles. The number of halogens is 1. The van der Waals surface area contributed by atoms with Crippen LogP contribution in [-0.4, -0.2) is 79.3 Å². The predicted molar refractivity (Wildman–Crippen MR) is 234 cm³/mol. The number of ether oxygens (including phenoxy) is 1. The fraction of sp³-hybridized carbons (Fsp3) is 0.404. The first-order valence-corrected chi connectivity index (χ1v) is 21.5. The molecule has 3 amide bonds. The van der Waals surface area contributed by atoms with Crippen LogP contribution in [0, 0.1) is 25.6 Å². The maximum Gasteiger partial charge on any atom is 0.438 e. The molecule has 4 aliphatic rings. The number of fused-ring (bicyclic) bond motifs is 2. The van der Waals surface area contributed by atoms with Crippen molar-refractivity contribution in [1.82, 2.24) is 34.5 Å². The molecule has 1 aliphatic carbocycles. The van der Waals surface area contributed by atoms with Crippen LogP contribution in [0.25, 0.3) is 16.6 Å². The molecule has 1 saturated carbocycles. The lowest BCUT2D eigenvalue weighted by molar-refractivity contribution is 0.0666. The highest BCUT2D eigenvalue weighted by Crippen LogP contribution is 2.45. The van der Waals surface area contributed by atoms with Crippen LogP contribution < -0.4 is 16.2 Å². The van der Waals surface area contributed by atoms with Gasteiger partial charge in [0.2, 0.25) is 5.95 Å². The Bertz CT molecular complexity index is 2770. The van der Waals surface area contributed by atoms with Gasteiger partial charge in [-0.15, -0.1) is 0 Å². The average molecular weight is 845 g/mol. The van der Waals surface area contributed by atoms with E-state index in [9.17, 15) is 23.6 Å². The minimum atomic E-state index is -0.546. The van der Waals surface area contributed by atoms with Crippen molar-refractivity contribution in [3.63, 3.8) is 0 Å². The predicted octanol–water partition coefficient (Wildman–Crippen LogP) is 7.86. The maximum absolute atomic E-state index is 14.8. The van der Waals surface area contributed by atoms with Crippen molar-refractivity contribution in [2.24, 2.45) is 5.92 Å². The zero-order chi connectivity index (χ0) is 43.4. The molecular weight excluding hydrogens is 792 g/mol. The van der Waals surface area contributed by atoms with Gasteiger partial charge in [-0.1, -0.05) is 48.5 Å². The third kappa shape index (κ3) is 7.63. The average Bonchev–Trinajstić information content (AvgIpc) is 3.57. The lowest BCUT2D eigenvalue weighted by atomic mass is 9.91. The van der Waals surface area contributed by atoms with E-state index in [1.54, 1.807) is 35.8 Å². The van der Waals surface area contributed by atoms with Crippen LogP contribution in [0.3, 0.4) is 0 Å². The number of anilines is 1. The zero-order valence-corrected chi connectivity index (χ0v) is 35.6. The number of H-pyrrole nitrogens is 2. The Kier molecular flexibility index (Phi) is 10.9. The van der Waals surface area contributed by atoms with Crippen LogP contribution in [0.15, 0.2) is 80.8 Å². The van der Waals surface area contributed by atoms with Crippen molar-refractivity contribution in [1.29, 1.82) is 0 Å². The lowest BCUT2D eigenvalue weighted by Gasteiger charge is -2.35. The number of hydrogen-bond acceptors (Lipinski definition) is 8. The van der Waals surface area contributed by atoms with Gasteiger partial charge in [0.05, 0.1) is 23.5 Å². The smallest absolute Gasteiger partial charge is 0.381 e. The normalized spacial score (nSPS) is 20.6. The molecule has 14 nitrogen and oxygen atoms in total. The summed E-state index contributed by atoms with van der Waals surface area (Å²) >= 11 is 0. The topological polar surface area (TPSA) is 163 Å². The van der Waals surface area contributed by atoms with E-state index in [4.69, 9.17) is 9.72 Å². The van der Waals surface area contributed by atoms with Gasteiger partial charge in [-0.25, -0.2) is 23.5 Å². The number of nitrogens with one attached hydrogen (secondary N) is 2. The molecule has 62 heavy (non-hydrogen) atoms. The monoisotopic (exact) mass is 844 g/mol. The summed E-state index contributed by atoms with van der Waals surface area (Å²) < 4.78 is 26.2. The molecule has 2 N–H and O–H groups in total. The SMILES string of the molecule is C[C@H]1C[C@@H]1c1noc(=O)[nH]1.Cc1cc(-n2c(N3CCN([C@H](C)c4ccccc4)C3=O)nc3c(c2=O)CCN(C(=O)c2cc4cc(C5CCOCC5)ccc4[nH]2)[C@@H]3C)cc(C)c1F.[HH]. The fourth-order valence-corrected chi connectivity index (χ4v) is 9.28. The molecule has 0 unspecified atom stereocenters.